The lowest BCUT2D eigenvalue weighted by Crippen LogP contribution is -2.08. The van der Waals surface area contributed by atoms with Crippen LogP contribution in [0, 0.1) is 0 Å². The van der Waals surface area contributed by atoms with Gasteiger partial charge >= 0.3 is 0 Å². The zero-order valence-electron chi connectivity index (χ0n) is 12.3. The van der Waals surface area contributed by atoms with Gasteiger partial charge in [-0.15, -0.1) is 0 Å². The molecule has 0 atom stereocenters. The maximum atomic E-state index is 5.72. The number of hydrogen-bond donors (Lipinski definition) is 0. The molecule has 2 saturated heterocycles. The van der Waals surface area contributed by atoms with Gasteiger partial charge in [0.15, 0.2) is 12.6 Å². The second-order valence-electron chi connectivity index (χ2n) is 6.02. The summed E-state index contributed by atoms with van der Waals surface area (Å²) in [6.07, 6.45) is 4.75. The van der Waals surface area contributed by atoms with Crippen LogP contribution in [0.25, 0.3) is 0 Å². The maximum Gasteiger partial charge on any atom is 0.184 e. The topological polar surface area (TPSA) is 36.9 Å². The first-order valence-corrected chi connectivity index (χ1v) is 8.02. The molecule has 4 rings (SSSR count). The molecule has 21 heavy (non-hydrogen) atoms. The van der Waals surface area contributed by atoms with E-state index < -0.39 is 0 Å². The monoisotopic (exact) mass is 290 g/mol. The van der Waals surface area contributed by atoms with E-state index >= 15 is 0 Å². The summed E-state index contributed by atoms with van der Waals surface area (Å²) < 4.78 is 22.7. The van der Waals surface area contributed by atoms with Crippen LogP contribution in [0.1, 0.15) is 60.9 Å². The van der Waals surface area contributed by atoms with Gasteiger partial charge in [0, 0.05) is 11.1 Å². The minimum atomic E-state index is -0.204. The molecule has 3 aliphatic rings. The summed E-state index contributed by atoms with van der Waals surface area (Å²) >= 11 is 0. The van der Waals surface area contributed by atoms with Crippen molar-refractivity contribution in [1.29, 1.82) is 0 Å². The average molecular weight is 290 g/mol. The third-order valence-electron chi connectivity index (χ3n) is 4.68. The van der Waals surface area contributed by atoms with Crippen LogP contribution in [0.3, 0.4) is 0 Å². The van der Waals surface area contributed by atoms with E-state index in [0.717, 1.165) is 5.56 Å². The molecule has 0 radical (unpaired) electrons. The molecule has 1 saturated carbocycles. The van der Waals surface area contributed by atoms with Crippen LogP contribution in [0.2, 0.25) is 0 Å². The van der Waals surface area contributed by atoms with E-state index in [1.807, 2.05) is 0 Å². The van der Waals surface area contributed by atoms with Gasteiger partial charge in [0.05, 0.1) is 26.4 Å². The lowest BCUT2D eigenvalue weighted by atomic mass is 9.90. The smallest absolute Gasteiger partial charge is 0.184 e. The van der Waals surface area contributed by atoms with Gasteiger partial charge < -0.3 is 18.9 Å². The summed E-state index contributed by atoms with van der Waals surface area (Å²) in [5.41, 5.74) is 3.69. The fourth-order valence-electron chi connectivity index (χ4n) is 3.63. The predicted octanol–water partition coefficient (Wildman–Crippen LogP) is 3.44. The van der Waals surface area contributed by atoms with Crippen molar-refractivity contribution in [3.05, 3.63) is 34.9 Å². The molecule has 0 bridgehead atoms. The summed E-state index contributed by atoms with van der Waals surface area (Å²) in [6.45, 7) is 2.73. The molecule has 2 heterocycles. The van der Waals surface area contributed by atoms with Gasteiger partial charge in [-0.2, -0.15) is 0 Å². The third-order valence-corrected chi connectivity index (χ3v) is 4.68. The highest BCUT2D eigenvalue weighted by atomic mass is 16.7. The highest BCUT2D eigenvalue weighted by Crippen LogP contribution is 2.41. The first kappa shape index (κ1) is 13.7. The zero-order valence-corrected chi connectivity index (χ0v) is 12.3. The van der Waals surface area contributed by atoms with Crippen molar-refractivity contribution in [2.75, 3.05) is 26.4 Å². The average Bonchev–Trinajstić information content (AvgIpc) is 3.28. The Kier molecular flexibility index (Phi) is 3.95. The Morgan fingerprint density at radius 3 is 2.00 bits per heavy atom. The molecule has 0 amide bonds. The first-order valence-electron chi connectivity index (χ1n) is 8.02. The highest BCUT2D eigenvalue weighted by Gasteiger charge is 2.28. The zero-order chi connectivity index (χ0) is 14.1. The molecule has 4 heteroatoms. The van der Waals surface area contributed by atoms with Crippen LogP contribution in [0.4, 0.5) is 0 Å². The lowest BCUT2D eigenvalue weighted by Gasteiger charge is -2.21. The molecule has 0 N–H and O–H groups in total. The maximum absolute atomic E-state index is 5.72. The minimum Gasteiger partial charge on any atom is -0.346 e. The Hall–Kier alpha value is -0.940. The van der Waals surface area contributed by atoms with Crippen molar-refractivity contribution in [1.82, 2.24) is 0 Å². The summed E-state index contributed by atoms with van der Waals surface area (Å²) in [6, 6.07) is 6.49. The van der Waals surface area contributed by atoms with E-state index in [4.69, 9.17) is 18.9 Å². The Morgan fingerprint density at radius 1 is 0.714 bits per heavy atom. The molecule has 1 aliphatic carbocycles. The fraction of sp³-hybridized carbons (Fsp3) is 0.647. The van der Waals surface area contributed by atoms with Crippen LogP contribution in [-0.2, 0) is 18.9 Å². The van der Waals surface area contributed by atoms with Gasteiger partial charge in [-0.1, -0.05) is 25.0 Å². The minimum absolute atomic E-state index is 0.194. The second-order valence-corrected chi connectivity index (χ2v) is 6.02. The van der Waals surface area contributed by atoms with Crippen LogP contribution in [-0.4, -0.2) is 26.4 Å². The third kappa shape index (κ3) is 2.73. The lowest BCUT2D eigenvalue weighted by molar-refractivity contribution is -0.0475. The van der Waals surface area contributed by atoms with Gasteiger partial charge in [-0.25, -0.2) is 0 Å². The molecule has 3 fully saturated rings. The van der Waals surface area contributed by atoms with Gasteiger partial charge in [-0.3, -0.25) is 0 Å². The van der Waals surface area contributed by atoms with E-state index in [2.05, 4.69) is 18.2 Å². The summed E-state index contributed by atoms with van der Waals surface area (Å²) in [4.78, 5) is 0. The summed E-state index contributed by atoms with van der Waals surface area (Å²) in [5.74, 6) is 0.620. The Bertz CT molecular complexity index is 484. The summed E-state index contributed by atoms with van der Waals surface area (Å²) in [7, 11) is 0. The molecule has 1 aromatic rings. The Balaban J connectivity index is 1.68. The number of hydrogen-bond acceptors (Lipinski definition) is 4. The Labute approximate surface area is 125 Å². The second kappa shape index (κ2) is 6.05. The van der Waals surface area contributed by atoms with Gasteiger partial charge in [0.2, 0.25) is 0 Å². The van der Waals surface area contributed by atoms with Crippen LogP contribution >= 0.6 is 0 Å². The number of ether oxygens (including phenoxy) is 4. The van der Waals surface area contributed by atoms with E-state index in [-0.39, 0.29) is 12.6 Å². The van der Waals surface area contributed by atoms with Crippen molar-refractivity contribution in [2.45, 2.75) is 44.2 Å². The van der Waals surface area contributed by atoms with E-state index in [1.54, 1.807) is 0 Å². The number of rotatable bonds is 3. The molecule has 1 aromatic carbocycles. The van der Waals surface area contributed by atoms with Crippen molar-refractivity contribution in [2.24, 2.45) is 0 Å². The van der Waals surface area contributed by atoms with Crippen LogP contribution < -0.4 is 0 Å². The van der Waals surface area contributed by atoms with E-state index in [1.165, 1.54) is 36.8 Å². The van der Waals surface area contributed by atoms with Gasteiger partial charge in [0.25, 0.3) is 0 Å². The van der Waals surface area contributed by atoms with Crippen LogP contribution in [0.15, 0.2) is 18.2 Å². The molecule has 0 spiro atoms. The Morgan fingerprint density at radius 2 is 1.33 bits per heavy atom. The fourth-order valence-corrected chi connectivity index (χ4v) is 3.63. The van der Waals surface area contributed by atoms with Crippen molar-refractivity contribution in [3.63, 3.8) is 0 Å². The normalized spacial score (nSPS) is 25.1. The van der Waals surface area contributed by atoms with E-state index in [9.17, 15) is 0 Å². The summed E-state index contributed by atoms with van der Waals surface area (Å²) in [5, 5.41) is 0. The molecule has 4 nitrogen and oxygen atoms in total. The van der Waals surface area contributed by atoms with Crippen molar-refractivity contribution < 1.29 is 18.9 Å². The van der Waals surface area contributed by atoms with Gasteiger partial charge in [0.1, 0.15) is 0 Å². The first-order chi connectivity index (χ1) is 10.4. The van der Waals surface area contributed by atoms with Crippen LogP contribution in [0.5, 0.6) is 0 Å². The largest absolute Gasteiger partial charge is 0.346 e. The van der Waals surface area contributed by atoms with E-state index in [0.29, 0.717) is 32.3 Å². The molecular weight excluding hydrogens is 268 g/mol. The molecule has 2 aliphatic heterocycles. The molecular formula is C17H22O4. The van der Waals surface area contributed by atoms with Crippen molar-refractivity contribution >= 4 is 0 Å². The highest BCUT2D eigenvalue weighted by molar-refractivity contribution is 5.37. The standard InChI is InChI=1S/C17H22O4/c1-2-4-12(3-1)15-11-13(16-18-7-8-19-16)5-6-14(15)17-20-9-10-21-17/h5-6,11-12,16-17H,1-4,7-10H2. The predicted molar refractivity (Wildman–Crippen MR) is 76.9 cm³/mol. The number of benzene rings is 1. The van der Waals surface area contributed by atoms with Gasteiger partial charge in [-0.05, 0) is 30.4 Å². The molecule has 0 aromatic heterocycles. The molecule has 114 valence electrons. The van der Waals surface area contributed by atoms with Crippen molar-refractivity contribution in [3.8, 4) is 0 Å². The SMILES string of the molecule is c1cc(C2OCCO2)c(C2CCCC2)cc1C1OCCO1. The quantitative estimate of drug-likeness (QED) is 0.854. The molecule has 0 unspecified atom stereocenters.